The fraction of sp³-hybridized carbons (Fsp3) is 0.417. The zero-order chi connectivity index (χ0) is 21.7. The average molecular weight is 407 g/mol. The van der Waals surface area contributed by atoms with Crippen LogP contribution in [-0.4, -0.2) is 27.6 Å². The van der Waals surface area contributed by atoms with Gasteiger partial charge >= 0.3 is 0 Å². The minimum Gasteiger partial charge on any atom is -0.356 e. The van der Waals surface area contributed by atoms with Crippen molar-refractivity contribution < 1.29 is 9.32 Å². The van der Waals surface area contributed by atoms with Crippen molar-refractivity contribution in [3.63, 3.8) is 0 Å². The van der Waals surface area contributed by atoms with Crippen LogP contribution in [0, 0.1) is 13.8 Å². The maximum atomic E-state index is 12.2. The summed E-state index contributed by atoms with van der Waals surface area (Å²) in [7, 11) is 0. The lowest BCUT2D eigenvalue weighted by molar-refractivity contribution is -0.121. The molecule has 3 aromatic rings. The third kappa shape index (κ3) is 5.53. The summed E-state index contributed by atoms with van der Waals surface area (Å²) in [6.07, 6.45) is 4.92. The van der Waals surface area contributed by atoms with Gasteiger partial charge in [0.15, 0.2) is 0 Å². The van der Waals surface area contributed by atoms with Crippen molar-refractivity contribution in [1.29, 1.82) is 0 Å². The highest BCUT2D eigenvalue weighted by Crippen LogP contribution is 2.27. The first-order valence-electron chi connectivity index (χ1n) is 10.3. The molecule has 1 N–H and O–H groups in total. The number of aryl methyl sites for hydroxylation is 3. The number of benzene rings is 1. The summed E-state index contributed by atoms with van der Waals surface area (Å²) >= 11 is 0. The standard InChI is InChI=1S/C24H30N4O2/c1-16-14-19(24(3,4)5)15-17(2)20(16)10-13-26-21(29)6-7-22-27-23(28-30-22)18-8-11-25-12-9-18/h8-9,11-12,14-15H,6-7,10,13H2,1-5H3,(H,26,29). The van der Waals surface area contributed by atoms with Crippen LogP contribution in [0.25, 0.3) is 11.4 Å². The number of carbonyl (C=O) groups excluding carboxylic acids is 1. The highest BCUT2D eigenvalue weighted by atomic mass is 16.5. The molecule has 0 bridgehead atoms. The summed E-state index contributed by atoms with van der Waals surface area (Å²) in [6, 6.07) is 8.17. The second kappa shape index (κ2) is 9.20. The minimum absolute atomic E-state index is 0.0136. The van der Waals surface area contributed by atoms with E-state index in [1.165, 1.54) is 22.3 Å². The van der Waals surface area contributed by atoms with Crippen LogP contribution in [0.15, 0.2) is 41.2 Å². The van der Waals surface area contributed by atoms with E-state index >= 15 is 0 Å². The molecule has 6 nitrogen and oxygen atoms in total. The first-order valence-corrected chi connectivity index (χ1v) is 10.3. The van der Waals surface area contributed by atoms with Crippen molar-refractivity contribution in [1.82, 2.24) is 20.4 Å². The first kappa shape index (κ1) is 21.7. The third-order valence-corrected chi connectivity index (χ3v) is 5.23. The quantitative estimate of drug-likeness (QED) is 0.631. The van der Waals surface area contributed by atoms with Gasteiger partial charge in [0, 0.05) is 37.3 Å². The minimum atomic E-state index is -0.0136. The van der Waals surface area contributed by atoms with Gasteiger partial charge in [-0.05, 0) is 60.1 Å². The highest BCUT2D eigenvalue weighted by Gasteiger charge is 2.16. The van der Waals surface area contributed by atoms with Gasteiger partial charge in [-0.1, -0.05) is 38.1 Å². The van der Waals surface area contributed by atoms with Gasteiger partial charge in [-0.2, -0.15) is 4.98 Å². The van der Waals surface area contributed by atoms with Crippen LogP contribution in [0.3, 0.4) is 0 Å². The van der Waals surface area contributed by atoms with Crippen LogP contribution < -0.4 is 5.32 Å². The molecule has 1 aromatic carbocycles. The molecule has 0 saturated heterocycles. The van der Waals surface area contributed by atoms with E-state index in [4.69, 9.17) is 4.52 Å². The smallest absolute Gasteiger partial charge is 0.227 e. The van der Waals surface area contributed by atoms with E-state index in [2.05, 4.69) is 67.2 Å². The maximum Gasteiger partial charge on any atom is 0.227 e. The van der Waals surface area contributed by atoms with Crippen molar-refractivity contribution >= 4 is 5.91 Å². The van der Waals surface area contributed by atoms with Crippen molar-refractivity contribution in [3.05, 3.63) is 64.8 Å². The Morgan fingerprint density at radius 3 is 2.37 bits per heavy atom. The Bertz CT molecular complexity index is 981. The molecule has 1 amide bonds. The van der Waals surface area contributed by atoms with Crippen LogP contribution in [0.1, 0.15) is 55.3 Å². The van der Waals surface area contributed by atoms with Crippen LogP contribution in [0.4, 0.5) is 0 Å². The number of pyridine rings is 1. The van der Waals surface area contributed by atoms with Crippen molar-refractivity contribution in [3.8, 4) is 11.4 Å². The molecule has 158 valence electrons. The van der Waals surface area contributed by atoms with E-state index in [1.807, 2.05) is 12.1 Å². The molecule has 0 unspecified atom stereocenters. The molecule has 0 aliphatic carbocycles. The van der Waals surface area contributed by atoms with Gasteiger partial charge < -0.3 is 9.84 Å². The van der Waals surface area contributed by atoms with E-state index in [0.717, 1.165) is 12.0 Å². The van der Waals surface area contributed by atoms with E-state index in [1.54, 1.807) is 12.4 Å². The van der Waals surface area contributed by atoms with Crippen molar-refractivity contribution in [2.45, 2.75) is 59.3 Å². The van der Waals surface area contributed by atoms with E-state index in [9.17, 15) is 4.79 Å². The van der Waals surface area contributed by atoms with Crippen LogP contribution in [-0.2, 0) is 23.1 Å². The molecule has 0 aliphatic heterocycles. The van der Waals surface area contributed by atoms with Gasteiger partial charge in [-0.25, -0.2) is 0 Å². The lowest BCUT2D eigenvalue weighted by Gasteiger charge is -2.22. The molecule has 3 rings (SSSR count). The number of amides is 1. The predicted molar refractivity (Wildman–Crippen MR) is 117 cm³/mol. The number of nitrogens with zero attached hydrogens (tertiary/aromatic N) is 3. The average Bonchev–Trinajstić information content (AvgIpc) is 3.17. The van der Waals surface area contributed by atoms with Crippen LogP contribution in [0.2, 0.25) is 0 Å². The molecule has 30 heavy (non-hydrogen) atoms. The zero-order valence-electron chi connectivity index (χ0n) is 18.5. The maximum absolute atomic E-state index is 12.2. The number of carbonyl (C=O) groups is 1. The predicted octanol–water partition coefficient (Wildman–Crippen LogP) is 4.34. The molecule has 2 heterocycles. The monoisotopic (exact) mass is 406 g/mol. The lowest BCUT2D eigenvalue weighted by atomic mass is 9.83. The number of aromatic nitrogens is 3. The summed E-state index contributed by atoms with van der Waals surface area (Å²) in [4.78, 5) is 20.5. The Kier molecular flexibility index (Phi) is 6.65. The topological polar surface area (TPSA) is 80.9 Å². The van der Waals surface area contributed by atoms with Gasteiger partial charge in [-0.15, -0.1) is 0 Å². The third-order valence-electron chi connectivity index (χ3n) is 5.23. The molecule has 6 heteroatoms. The Labute approximate surface area is 178 Å². The van der Waals surface area contributed by atoms with Gasteiger partial charge in [0.2, 0.25) is 17.6 Å². The van der Waals surface area contributed by atoms with Crippen LogP contribution in [0.5, 0.6) is 0 Å². The molecular formula is C24H30N4O2. The summed E-state index contributed by atoms with van der Waals surface area (Å²) in [6.45, 7) is 11.6. The second-order valence-corrected chi connectivity index (χ2v) is 8.69. The molecule has 0 spiro atoms. The van der Waals surface area contributed by atoms with Crippen LogP contribution >= 0.6 is 0 Å². The van der Waals surface area contributed by atoms with Gasteiger partial charge in [0.05, 0.1) is 0 Å². The molecule has 0 aliphatic rings. The number of hydrogen-bond donors (Lipinski definition) is 1. The number of rotatable bonds is 7. The summed E-state index contributed by atoms with van der Waals surface area (Å²) in [5, 5.41) is 6.97. The molecule has 2 aromatic heterocycles. The van der Waals surface area contributed by atoms with Crippen molar-refractivity contribution in [2.75, 3.05) is 6.54 Å². The Balaban J connectivity index is 1.48. The molecule has 0 fully saturated rings. The van der Waals surface area contributed by atoms with E-state index in [0.29, 0.717) is 31.1 Å². The fourth-order valence-electron chi connectivity index (χ4n) is 3.43. The second-order valence-electron chi connectivity index (χ2n) is 8.69. The first-order chi connectivity index (χ1) is 14.2. The van der Waals surface area contributed by atoms with Gasteiger partial charge in [-0.3, -0.25) is 9.78 Å². The van der Waals surface area contributed by atoms with Gasteiger partial charge in [0.1, 0.15) is 0 Å². The number of nitrogens with one attached hydrogen (secondary N) is 1. The lowest BCUT2D eigenvalue weighted by Crippen LogP contribution is -2.26. The van der Waals surface area contributed by atoms with E-state index in [-0.39, 0.29) is 11.3 Å². The number of hydrogen-bond acceptors (Lipinski definition) is 5. The van der Waals surface area contributed by atoms with E-state index < -0.39 is 0 Å². The zero-order valence-corrected chi connectivity index (χ0v) is 18.5. The fourth-order valence-corrected chi connectivity index (χ4v) is 3.43. The SMILES string of the molecule is Cc1cc(C(C)(C)C)cc(C)c1CCNC(=O)CCc1nc(-c2ccncc2)no1. The molecule has 0 saturated carbocycles. The Morgan fingerprint density at radius 1 is 1.07 bits per heavy atom. The normalized spacial score (nSPS) is 11.5. The molecule has 0 radical (unpaired) electrons. The van der Waals surface area contributed by atoms with Gasteiger partial charge in [0.25, 0.3) is 0 Å². The van der Waals surface area contributed by atoms with Crippen molar-refractivity contribution in [2.24, 2.45) is 0 Å². The summed E-state index contributed by atoms with van der Waals surface area (Å²) < 4.78 is 5.25. The highest BCUT2D eigenvalue weighted by molar-refractivity contribution is 5.76. The molecule has 0 atom stereocenters. The summed E-state index contributed by atoms with van der Waals surface area (Å²) in [5.74, 6) is 0.958. The Morgan fingerprint density at radius 2 is 1.73 bits per heavy atom. The summed E-state index contributed by atoms with van der Waals surface area (Å²) in [5.41, 5.74) is 6.19. The molecular weight excluding hydrogens is 376 g/mol. The largest absolute Gasteiger partial charge is 0.356 e. The Hall–Kier alpha value is -3.02.